The summed E-state index contributed by atoms with van der Waals surface area (Å²) < 4.78 is 15.6. The molecular weight excluding hydrogens is 425 g/mol. The molecule has 9 heteroatoms. The molecule has 1 amide bonds. The Morgan fingerprint density at radius 3 is 2.48 bits per heavy atom. The molecule has 0 bridgehead atoms. The maximum absolute atomic E-state index is 13.8. The predicted molar refractivity (Wildman–Crippen MR) is 120 cm³/mol. The lowest BCUT2D eigenvalue weighted by Gasteiger charge is -2.13. The Balaban J connectivity index is 1.79. The highest BCUT2D eigenvalue weighted by Crippen LogP contribution is 2.08. The number of hydrogen-bond donors (Lipinski definition) is 1. The molecule has 0 atom stereocenters. The van der Waals surface area contributed by atoms with Crippen molar-refractivity contribution in [2.75, 3.05) is 0 Å². The maximum Gasteiger partial charge on any atom is 0.352 e. The number of nitrogens with one attached hydrogen (secondary N) is 1. The Morgan fingerprint density at radius 2 is 1.76 bits per heavy atom. The third-order valence-electron chi connectivity index (χ3n) is 4.95. The van der Waals surface area contributed by atoms with Gasteiger partial charge in [-0.05, 0) is 48.4 Å². The van der Waals surface area contributed by atoms with Crippen LogP contribution in [-0.4, -0.2) is 25.2 Å². The Bertz CT molecular complexity index is 1430. The monoisotopic (exact) mass is 445 g/mol. The van der Waals surface area contributed by atoms with Gasteiger partial charge in [-0.1, -0.05) is 35.9 Å². The minimum atomic E-state index is -0.832. The second-order valence-electron chi connectivity index (χ2n) is 7.44. The molecule has 0 aliphatic carbocycles. The van der Waals surface area contributed by atoms with Crippen LogP contribution in [0.3, 0.4) is 0 Å². The molecule has 2 aromatic carbocycles. The molecule has 1 N–H and O–H groups in total. The van der Waals surface area contributed by atoms with Crippen molar-refractivity contribution < 1.29 is 9.18 Å². The van der Waals surface area contributed by atoms with Crippen molar-refractivity contribution in [3.05, 3.63) is 122 Å². The van der Waals surface area contributed by atoms with Crippen LogP contribution in [0.4, 0.5) is 4.39 Å². The topological polar surface area (TPSA) is 98.9 Å². The molecule has 2 heterocycles. The average Bonchev–Trinajstić information content (AvgIpc) is 2.81. The van der Waals surface area contributed by atoms with Gasteiger partial charge in [-0.15, -0.1) is 0 Å². The zero-order chi connectivity index (χ0) is 23.4. The standard InChI is InChI=1S/C24H20FN5O3/c1-16-4-2-5-18(12-16)15-29-23(32)21(22(31)27-14-17-8-10-26-11-9-17)28-30(24(29)33)20-7-3-6-19(25)13-20/h2-13H,14-15H2,1H3,(H,27,31). The molecular formula is C24H20FN5O3. The minimum absolute atomic E-state index is 0.0676. The van der Waals surface area contributed by atoms with Crippen molar-refractivity contribution in [1.82, 2.24) is 24.6 Å². The maximum atomic E-state index is 13.8. The number of halogens is 1. The van der Waals surface area contributed by atoms with Gasteiger partial charge in [-0.25, -0.2) is 9.18 Å². The molecule has 2 aromatic heterocycles. The molecule has 0 aliphatic rings. The average molecular weight is 445 g/mol. The zero-order valence-corrected chi connectivity index (χ0v) is 17.7. The van der Waals surface area contributed by atoms with E-state index < -0.39 is 28.7 Å². The first-order valence-corrected chi connectivity index (χ1v) is 10.1. The van der Waals surface area contributed by atoms with E-state index in [0.717, 1.165) is 26.4 Å². The lowest BCUT2D eigenvalue weighted by atomic mass is 10.1. The molecule has 0 fully saturated rings. The first-order valence-electron chi connectivity index (χ1n) is 10.1. The smallest absolute Gasteiger partial charge is 0.346 e. The molecule has 0 saturated heterocycles. The highest BCUT2D eigenvalue weighted by molar-refractivity contribution is 5.91. The second-order valence-corrected chi connectivity index (χ2v) is 7.44. The van der Waals surface area contributed by atoms with Crippen LogP contribution in [0.25, 0.3) is 5.69 Å². The van der Waals surface area contributed by atoms with Gasteiger partial charge in [0.05, 0.1) is 12.2 Å². The largest absolute Gasteiger partial charge is 0.352 e. The Morgan fingerprint density at radius 1 is 1.00 bits per heavy atom. The van der Waals surface area contributed by atoms with Gasteiger partial charge >= 0.3 is 5.69 Å². The summed E-state index contributed by atoms with van der Waals surface area (Å²) in [4.78, 5) is 43.1. The van der Waals surface area contributed by atoms with Gasteiger partial charge in [0, 0.05) is 18.9 Å². The third kappa shape index (κ3) is 4.93. The summed E-state index contributed by atoms with van der Waals surface area (Å²) in [6, 6.07) is 16.0. The highest BCUT2D eigenvalue weighted by atomic mass is 19.1. The summed E-state index contributed by atoms with van der Waals surface area (Å²) in [5.41, 5.74) is 0.447. The van der Waals surface area contributed by atoms with Crippen LogP contribution in [-0.2, 0) is 13.1 Å². The Kier molecular flexibility index (Phi) is 6.21. The highest BCUT2D eigenvalue weighted by Gasteiger charge is 2.20. The van der Waals surface area contributed by atoms with Crippen molar-refractivity contribution in [2.45, 2.75) is 20.0 Å². The number of carbonyl (C=O) groups excluding carboxylic acids is 1. The molecule has 4 aromatic rings. The number of nitrogens with zero attached hydrogens (tertiary/aromatic N) is 4. The van der Waals surface area contributed by atoms with Crippen molar-refractivity contribution >= 4 is 5.91 Å². The van der Waals surface area contributed by atoms with Crippen LogP contribution in [0.2, 0.25) is 0 Å². The molecule has 33 heavy (non-hydrogen) atoms. The molecule has 4 rings (SSSR count). The molecule has 0 radical (unpaired) electrons. The first-order chi connectivity index (χ1) is 15.9. The van der Waals surface area contributed by atoms with Crippen molar-refractivity contribution in [3.8, 4) is 5.69 Å². The van der Waals surface area contributed by atoms with Crippen LogP contribution >= 0.6 is 0 Å². The number of aromatic nitrogens is 4. The molecule has 0 unspecified atom stereocenters. The van der Waals surface area contributed by atoms with E-state index in [4.69, 9.17) is 0 Å². The summed E-state index contributed by atoms with van der Waals surface area (Å²) in [6.07, 6.45) is 3.16. The lowest BCUT2D eigenvalue weighted by molar-refractivity contribution is 0.0941. The number of carbonyl (C=O) groups is 1. The van der Waals surface area contributed by atoms with Gasteiger partial charge in [0.15, 0.2) is 0 Å². The van der Waals surface area contributed by atoms with E-state index in [0.29, 0.717) is 5.56 Å². The van der Waals surface area contributed by atoms with Gasteiger partial charge in [-0.3, -0.25) is 19.1 Å². The van der Waals surface area contributed by atoms with Crippen molar-refractivity contribution in [1.29, 1.82) is 0 Å². The number of hydrogen-bond acceptors (Lipinski definition) is 5. The summed E-state index contributed by atoms with van der Waals surface area (Å²) in [7, 11) is 0. The molecule has 166 valence electrons. The lowest BCUT2D eigenvalue weighted by Crippen LogP contribution is -2.46. The van der Waals surface area contributed by atoms with Gasteiger partial charge in [0.1, 0.15) is 5.82 Å². The second kappa shape index (κ2) is 9.39. The van der Waals surface area contributed by atoms with E-state index in [1.807, 2.05) is 25.1 Å². The van der Waals surface area contributed by atoms with E-state index in [2.05, 4.69) is 15.4 Å². The van der Waals surface area contributed by atoms with Gasteiger partial charge in [-0.2, -0.15) is 9.78 Å². The fraction of sp³-hybridized carbons (Fsp3) is 0.125. The number of pyridine rings is 1. The van der Waals surface area contributed by atoms with E-state index >= 15 is 0 Å². The summed E-state index contributed by atoms with van der Waals surface area (Å²) in [5, 5.41) is 6.63. The van der Waals surface area contributed by atoms with E-state index in [1.54, 1.807) is 30.6 Å². The van der Waals surface area contributed by atoms with Crippen molar-refractivity contribution in [2.24, 2.45) is 0 Å². The van der Waals surface area contributed by atoms with E-state index in [-0.39, 0.29) is 18.8 Å². The summed E-state index contributed by atoms with van der Waals surface area (Å²) in [6.45, 7) is 1.96. The number of benzene rings is 2. The fourth-order valence-electron chi connectivity index (χ4n) is 3.33. The SMILES string of the molecule is Cc1cccc(Cn2c(=O)c(C(=O)NCc3ccncc3)nn(-c3cccc(F)c3)c2=O)c1. The normalized spacial score (nSPS) is 10.7. The number of aryl methyl sites for hydroxylation is 1. The van der Waals surface area contributed by atoms with Gasteiger partial charge in [0.2, 0.25) is 5.69 Å². The Labute approximate surface area is 188 Å². The number of amides is 1. The first kappa shape index (κ1) is 21.8. The quantitative estimate of drug-likeness (QED) is 0.491. The van der Waals surface area contributed by atoms with Crippen LogP contribution in [0.15, 0.2) is 82.6 Å². The van der Waals surface area contributed by atoms with Crippen LogP contribution in [0, 0.1) is 12.7 Å². The Hall–Kier alpha value is -4.40. The molecule has 8 nitrogen and oxygen atoms in total. The number of rotatable bonds is 6. The van der Waals surface area contributed by atoms with Gasteiger partial charge in [0.25, 0.3) is 11.5 Å². The van der Waals surface area contributed by atoms with Crippen LogP contribution in [0.1, 0.15) is 27.2 Å². The summed E-state index contributed by atoms with van der Waals surface area (Å²) >= 11 is 0. The van der Waals surface area contributed by atoms with Crippen molar-refractivity contribution in [3.63, 3.8) is 0 Å². The summed E-state index contributed by atoms with van der Waals surface area (Å²) in [5.74, 6) is -1.33. The molecule has 0 aliphatic heterocycles. The van der Waals surface area contributed by atoms with E-state index in [1.165, 1.54) is 18.2 Å². The van der Waals surface area contributed by atoms with E-state index in [9.17, 15) is 18.8 Å². The van der Waals surface area contributed by atoms with Crippen LogP contribution < -0.4 is 16.6 Å². The predicted octanol–water partition coefficient (Wildman–Crippen LogP) is 2.22. The van der Waals surface area contributed by atoms with Crippen LogP contribution in [0.5, 0.6) is 0 Å². The minimum Gasteiger partial charge on any atom is -0.346 e. The molecule has 0 spiro atoms. The third-order valence-corrected chi connectivity index (χ3v) is 4.95. The van der Waals surface area contributed by atoms with Gasteiger partial charge < -0.3 is 5.32 Å². The zero-order valence-electron chi connectivity index (χ0n) is 17.7. The molecule has 0 saturated carbocycles. The fourth-order valence-corrected chi connectivity index (χ4v) is 3.33.